The fourth-order valence-corrected chi connectivity index (χ4v) is 6.04. The summed E-state index contributed by atoms with van der Waals surface area (Å²) in [5.41, 5.74) is 5.91. The van der Waals surface area contributed by atoms with E-state index in [0.717, 1.165) is 54.7 Å². The molecule has 1 heterocycles. The first-order valence-corrected chi connectivity index (χ1v) is 13.3. The molecule has 0 radical (unpaired) electrons. The van der Waals surface area contributed by atoms with E-state index in [-0.39, 0.29) is 6.61 Å². The van der Waals surface area contributed by atoms with Crippen molar-refractivity contribution in [2.75, 3.05) is 21.3 Å². The number of fused-ring (bicyclic) bond motifs is 5. The van der Waals surface area contributed by atoms with Crippen LogP contribution in [0, 0.1) is 0 Å². The van der Waals surface area contributed by atoms with Crippen LogP contribution < -0.4 is 18.8 Å². The van der Waals surface area contributed by atoms with Gasteiger partial charge in [-0.1, -0.05) is 72.8 Å². The Morgan fingerprint density at radius 2 is 1.30 bits per heavy atom. The summed E-state index contributed by atoms with van der Waals surface area (Å²) in [6.45, 7) is -0.141. The average Bonchev–Trinajstić information content (AvgIpc) is 3.01. The van der Waals surface area contributed by atoms with Crippen molar-refractivity contribution in [3.63, 3.8) is 0 Å². The number of methoxy groups -OCH3 is 3. The van der Waals surface area contributed by atoms with Crippen molar-refractivity contribution in [3.8, 4) is 39.5 Å². The van der Waals surface area contributed by atoms with Crippen molar-refractivity contribution in [2.24, 2.45) is 7.05 Å². The molecule has 0 atom stereocenters. The molecular weight excluding hydrogens is 522 g/mol. The van der Waals surface area contributed by atoms with E-state index in [1.54, 1.807) is 21.3 Å². The molecule has 1 aromatic heterocycles. The Morgan fingerprint density at radius 3 is 1.95 bits per heavy atom. The number of pyridine rings is 1. The zero-order valence-corrected chi connectivity index (χ0v) is 23.5. The number of ether oxygens (including phenoxy) is 3. The number of aromatic nitrogens is 1. The Hall–Kier alpha value is -4.32. The summed E-state index contributed by atoms with van der Waals surface area (Å²) < 4.78 is 19.5. The number of halogens is 1. The number of benzene rings is 5. The topological polar surface area (TPSA) is 51.8 Å². The van der Waals surface area contributed by atoms with Gasteiger partial charge in [0.15, 0.2) is 11.5 Å². The second-order valence-corrected chi connectivity index (χ2v) is 10.0. The monoisotopic (exact) mass is 550 g/mol. The van der Waals surface area contributed by atoms with E-state index >= 15 is 0 Å². The molecular formula is C34H29ClNO4+. The minimum atomic E-state index is -0.141. The summed E-state index contributed by atoms with van der Waals surface area (Å²) in [5, 5.41) is 15.1. The van der Waals surface area contributed by atoms with Crippen molar-refractivity contribution >= 4 is 44.0 Å². The lowest BCUT2D eigenvalue weighted by atomic mass is 9.92. The SMILES string of the molecule is COc1cc2c(ccc3c4ccc(CO)c(OC)c4c(Cl)[n+](C)c23)c(-c2ccc(-c3ccccc3)cc2)c1OC. The maximum absolute atomic E-state index is 9.90. The van der Waals surface area contributed by atoms with Crippen molar-refractivity contribution in [2.45, 2.75) is 6.61 Å². The molecule has 0 unspecified atom stereocenters. The zero-order chi connectivity index (χ0) is 28.0. The molecule has 0 aliphatic heterocycles. The molecule has 200 valence electrons. The van der Waals surface area contributed by atoms with E-state index in [1.807, 2.05) is 48.0 Å². The minimum Gasteiger partial charge on any atom is -0.495 e. The van der Waals surface area contributed by atoms with Gasteiger partial charge in [0.1, 0.15) is 18.2 Å². The van der Waals surface area contributed by atoms with Crippen LogP contribution in [0.2, 0.25) is 5.15 Å². The van der Waals surface area contributed by atoms with Crippen LogP contribution in [0.25, 0.3) is 54.7 Å². The molecule has 6 aromatic rings. The molecule has 6 heteroatoms. The van der Waals surface area contributed by atoms with Gasteiger partial charge in [-0.25, -0.2) is 0 Å². The van der Waals surface area contributed by atoms with Gasteiger partial charge in [-0.05, 0) is 40.4 Å². The molecule has 6 rings (SSSR count). The highest BCUT2D eigenvalue weighted by atomic mass is 35.5. The zero-order valence-electron chi connectivity index (χ0n) is 22.8. The highest BCUT2D eigenvalue weighted by Gasteiger charge is 2.27. The molecule has 0 saturated heterocycles. The highest BCUT2D eigenvalue weighted by Crippen LogP contribution is 2.47. The summed E-state index contributed by atoms with van der Waals surface area (Å²) in [6, 6.07) is 29.0. The van der Waals surface area contributed by atoms with Gasteiger partial charge in [0.25, 0.3) is 5.15 Å². The van der Waals surface area contributed by atoms with Crippen LogP contribution in [0.5, 0.6) is 17.2 Å². The first-order chi connectivity index (χ1) is 19.5. The molecule has 0 fully saturated rings. The van der Waals surface area contributed by atoms with Gasteiger partial charge in [-0.15, -0.1) is 0 Å². The lowest BCUT2D eigenvalue weighted by Crippen LogP contribution is -2.31. The van der Waals surface area contributed by atoms with E-state index < -0.39 is 0 Å². The number of aliphatic hydroxyl groups excluding tert-OH is 1. The molecule has 40 heavy (non-hydrogen) atoms. The van der Waals surface area contributed by atoms with Crippen molar-refractivity contribution in [1.82, 2.24) is 0 Å². The van der Waals surface area contributed by atoms with Gasteiger partial charge < -0.3 is 19.3 Å². The summed E-state index contributed by atoms with van der Waals surface area (Å²) in [5.74, 6) is 1.88. The Morgan fingerprint density at radius 1 is 0.675 bits per heavy atom. The fraction of sp³-hybridized carbons (Fsp3) is 0.147. The average molecular weight is 551 g/mol. The second kappa shape index (κ2) is 10.3. The summed E-state index contributed by atoms with van der Waals surface area (Å²) in [6.07, 6.45) is 0. The van der Waals surface area contributed by atoms with E-state index in [2.05, 4.69) is 48.5 Å². The standard InChI is InChI=1S/C34H29ClNO4/c1-36-31-26(24-15-14-23(19-37)32(39-3)30(24)34(36)35)17-16-25-27(31)18-28(38-2)33(40-4)29(25)22-12-10-21(11-13-22)20-8-6-5-7-9-20/h5-18,37H,19H2,1-4H3/q+1. The van der Waals surface area contributed by atoms with Crippen molar-refractivity contribution in [3.05, 3.63) is 95.6 Å². The van der Waals surface area contributed by atoms with Gasteiger partial charge in [-0.2, -0.15) is 4.57 Å². The lowest BCUT2D eigenvalue weighted by Gasteiger charge is -2.18. The van der Waals surface area contributed by atoms with Crippen LogP contribution in [0.3, 0.4) is 0 Å². The molecule has 0 spiro atoms. The van der Waals surface area contributed by atoms with Crippen molar-refractivity contribution < 1.29 is 23.9 Å². The van der Waals surface area contributed by atoms with Gasteiger partial charge in [0, 0.05) is 21.9 Å². The molecule has 0 aliphatic rings. The first kappa shape index (κ1) is 25.9. The largest absolute Gasteiger partial charge is 0.495 e. The van der Waals surface area contributed by atoms with Crippen LogP contribution >= 0.6 is 11.6 Å². The van der Waals surface area contributed by atoms with Crippen LogP contribution in [0.1, 0.15) is 5.56 Å². The highest BCUT2D eigenvalue weighted by molar-refractivity contribution is 6.35. The van der Waals surface area contributed by atoms with Gasteiger partial charge in [0.2, 0.25) is 5.52 Å². The quantitative estimate of drug-likeness (QED) is 0.133. The van der Waals surface area contributed by atoms with Crippen LogP contribution in [-0.2, 0) is 13.7 Å². The predicted molar refractivity (Wildman–Crippen MR) is 162 cm³/mol. The van der Waals surface area contributed by atoms with E-state index in [1.165, 1.54) is 0 Å². The van der Waals surface area contributed by atoms with E-state index in [9.17, 15) is 5.11 Å². The third-order valence-electron chi connectivity index (χ3n) is 7.66. The van der Waals surface area contributed by atoms with Crippen LogP contribution in [0.15, 0.2) is 84.9 Å². The smallest absolute Gasteiger partial charge is 0.286 e. The molecule has 0 saturated carbocycles. The van der Waals surface area contributed by atoms with E-state index in [4.69, 9.17) is 25.8 Å². The summed E-state index contributed by atoms with van der Waals surface area (Å²) in [4.78, 5) is 0. The number of nitrogens with zero attached hydrogens (tertiary/aromatic N) is 1. The Bertz CT molecular complexity index is 1900. The van der Waals surface area contributed by atoms with Gasteiger partial charge in [0.05, 0.1) is 38.7 Å². The first-order valence-electron chi connectivity index (χ1n) is 13.0. The summed E-state index contributed by atoms with van der Waals surface area (Å²) >= 11 is 7.03. The van der Waals surface area contributed by atoms with Crippen molar-refractivity contribution in [1.29, 1.82) is 0 Å². The Balaban J connectivity index is 1.69. The number of hydrogen-bond donors (Lipinski definition) is 1. The third-order valence-corrected chi connectivity index (χ3v) is 8.10. The third kappa shape index (κ3) is 3.93. The number of aliphatic hydroxyl groups is 1. The molecule has 0 bridgehead atoms. The number of aryl methyl sites for hydroxylation is 1. The Labute approximate surface area is 237 Å². The maximum Gasteiger partial charge on any atom is 0.286 e. The predicted octanol–water partition coefficient (Wildman–Crippen LogP) is 7.48. The number of hydrogen-bond acceptors (Lipinski definition) is 4. The second-order valence-electron chi connectivity index (χ2n) is 9.68. The maximum atomic E-state index is 9.90. The molecule has 5 nitrogen and oxygen atoms in total. The summed E-state index contributed by atoms with van der Waals surface area (Å²) in [7, 11) is 6.86. The molecule has 0 amide bonds. The minimum absolute atomic E-state index is 0.141. The lowest BCUT2D eigenvalue weighted by molar-refractivity contribution is -0.640. The van der Waals surface area contributed by atoms with Gasteiger partial charge >= 0.3 is 0 Å². The van der Waals surface area contributed by atoms with Crippen LogP contribution in [0.4, 0.5) is 0 Å². The molecule has 0 aliphatic carbocycles. The van der Waals surface area contributed by atoms with Gasteiger partial charge in [-0.3, -0.25) is 0 Å². The van der Waals surface area contributed by atoms with E-state index in [0.29, 0.717) is 28.0 Å². The molecule has 1 N–H and O–H groups in total. The fourth-order valence-electron chi connectivity index (χ4n) is 5.77. The number of rotatable bonds is 6. The molecule has 5 aromatic carbocycles. The normalized spacial score (nSPS) is 11.3. The van der Waals surface area contributed by atoms with Crippen LogP contribution in [-0.4, -0.2) is 26.4 Å². The Kier molecular flexibility index (Phi) is 6.70.